The molecule has 2 heterocycles. The van der Waals surface area contributed by atoms with E-state index >= 15 is 0 Å². The zero-order valence-electron chi connectivity index (χ0n) is 10.4. The van der Waals surface area contributed by atoms with Crippen molar-refractivity contribution in [2.24, 2.45) is 5.92 Å². The van der Waals surface area contributed by atoms with Crippen molar-refractivity contribution in [1.82, 2.24) is 10.2 Å². The van der Waals surface area contributed by atoms with Crippen LogP contribution in [0, 0.1) is 5.92 Å². The van der Waals surface area contributed by atoms with Crippen LogP contribution in [0.1, 0.15) is 19.3 Å². The van der Waals surface area contributed by atoms with Gasteiger partial charge in [-0.25, -0.2) is 0 Å². The maximum atomic E-state index is 12.1. The van der Waals surface area contributed by atoms with Gasteiger partial charge in [-0.2, -0.15) is 0 Å². The lowest BCUT2D eigenvalue weighted by atomic mass is 9.97. The summed E-state index contributed by atoms with van der Waals surface area (Å²) in [5.74, 6) is -1.17. The predicted molar refractivity (Wildman–Crippen MR) is 64.2 cm³/mol. The summed E-state index contributed by atoms with van der Waals surface area (Å²) in [6.45, 7) is 3.05. The summed E-state index contributed by atoms with van der Waals surface area (Å²) in [5, 5.41) is 12.2. The molecule has 0 aromatic carbocycles. The Balaban J connectivity index is 1.82. The summed E-state index contributed by atoms with van der Waals surface area (Å²) < 4.78 is 5.30. The van der Waals surface area contributed by atoms with Gasteiger partial charge in [-0.15, -0.1) is 0 Å². The molecule has 102 valence electrons. The maximum Gasteiger partial charge on any atom is 0.308 e. The average molecular weight is 256 g/mol. The zero-order chi connectivity index (χ0) is 13.0. The first-order chi connectivity index (χ1) is 8.66. The second-order valence-corrected chi connectivity index (χ2v) is 4.95. The second-order valence-electron chi connectivity index (χ2n) is 4.95. The molecule has 2 aliphatic heterocycles. The van der Waals surface area contributed by atoms with Crippen molar-refractivity contribution in [2.75, 3.05) is 32.8 Å². The molecule has 0 radical (unpaired) electrons. The fraction of sp³-hybridized carbons (Fsp3) is 0.833. The van der Waals surface area contributed by atoms with Gasteiger partial charge in [0.1, 0.15) is 0 Å². The topological polar surface area (TPSA) is 78.9 Å². The summed E-state index contributed by atoms with van der Waals surface area (Å²) in [4.78, 5) is 24.7. The Kier molecular flexibility index (Phi) is 4.54. The monoisotopic (exact) mass is 256 g/mol. The molecule has 18 heavy (non-hydrogen) atoms. The van der Waals surface area contributed by atoms with Crippen LogP contribution in [0.4, 0.5) is 0 Å². The Morgan fingerprint density at radius 1 is 1.44 bits per heavy atom. The third-order valence-corrected chi connectivity index (χ3v) is 3.54. The SMILES string of the molecule is O=C(O)[C@@H]1CCCN(C(=O)CC2COCCN2)C1. The number of amides is 1. The first kappa shape index (κ1) is 13.3. The predicted octanol–water partition coefficient (Wildman–Crippen LogP) is -0.312. The Hall–Kier alpha value is -1.14. The van der Waals surface area contributed by atoms with Gasteiger partial charge in [-0.05, 0) is 12.8 Å². The molecule has 0 aromatic rings. The highest BCUT2D eigenvalue weighted by atomic mass is 16.5. The van der Waals surface area contributed by atoms with Crippen LogP contribution in [0.5, 0.6) is 0 Å². The average Bonchev–Trinajstić information content (AvgIpc) is 2.40. The summed E-state index contributed by atoms with van der Waals surface area (Å²) in [5.41, 5.74) is 0. The van der Waals surface area contributed by atoms with Crippen molar-refractivity contribution in [3.05, 3.63) is 0 Å². The number of likely N-dealkylation sites (tertiary alicyclic amines) is 1. The van der Waals surface area contributed by atoms with Gasteiger partial charge in [0.25, 0.3) is 0 Å². The molecule has 0 aromatic heterocycles. The van der Waals surface area contributed by atoms with Crippen molar-refractivity contribution >= 4 is 11.9 Å². The highest BCUT2D eigenvalue weighted by Gasteiger charge is 2.29. The number of hydrogen-bond donors (Lipinski definition) is 2. The maximum absolute atomic E-state index is 12.1. The van der Waals surface area contributed by atoms with Crippen LogP contribution in [-0.4, -0.2) is 60.8 Å². The minimum Gasteiger partial charge on any atom is -0.481 e. The Morgan fingerprint density at radius 2 is 2.28 bits per heavy atom. The number of carboxylic acids is 1. The summed E-state index contributed by atoms with van der Waals surface area (Å²) in [7, 11) is 0. The van der Waals surface area contributed by atoms with Crippen LogP contribution >= 0.6 is 0 Å². The van der Waals surface area contributed by atoms with E-state index in [2.05, 4.69) is 5.32 Å². The molecule has 2 saturated heterocycles. The smallest absolute Gasteiger partial charge is 0.308 e. The minimum absolute atomic E-state index is 0.0314. The number of hydrogen-bond acceptors (Lipinski definition) is 4. The molecule has 0 spiro atoms. The summed E-state index contributed by atoms with van der Waals surface area (Å²) in [6.07, 6.45) is 1.84. The number of carboxylic acid groups (broad SMARTS) is 1. The third kappa shape index (κ3) is 3.43. The minimum atomic E-state index is -0.799. The molecule has 1 amide bonds. The Labute approximate surface area is 106 Å². The van der Waals surface area contributed by atoms with E-state index < -0.39 is 11.9 Å². The number of ether oxygens (including phenoxy) is 1. The summed E-state index contributed by atoms with van der Waals surface area (Å²) in [6, 6.07) is 0.0662. The molecular formula is C12H20N2O4. The first-order valence-electron chi connectivity index (χ1n) is 6.48. The van der Waals surface area contributed by atoms with Crippen molar-refractivity contribution < 1.29 is 19.4 Å². The lowest BCUT2D eigenvalue weighted by Gasteiger charge is -2.32. The highest BCUT2D eigenvalue weighted by molar-refractivity contribution is 5.78. The molecule has 0 bridgehead atoms. The molecule has 0 aliphatic carbocycles. The number of carbonyl (C=O) groups excluding carboxylic acids is 1. The van der Waals surface area contributed by atoms with Gasteiger partial charge in [0.2, 0.25) is 5.91 Å². The number of nitrogens with zero attached hydrogens (tertiary/aromatic N) is 1. The van der Waals surface area contributed by atoms with Gasteiger partial charge in [-0.3, -0.25) is 9.59 Å². The molecule has 6 nitrogen and oxygen atoms in total. The molecular weight excluding hydrogens is 236 g/mol. The number of nitrogens with one attached hydrogen (secondary N) is 1. The van der Waals surface area contributed by atoms with Gasteiger partial charge in [0.05, 0.1) is 19.1 Å². The Bertz CT molecular complexity index is 315. The molecule has 2 fully saturated rings. The highest BCUT2D eigenvalue weighted by Crippen LogP contribution is 2.17. The number of aliphatic carboxylic acids is 1. The van der Waals surface area contributed by atoms with Crippen molar-refractivity contribution in [2.45, 2.75) is 25.3 Å². The standard InChI is InChI=1S/C12H20N2O4/c15-11(6-10-8-18-5-3-13-10)14-4-1-2-9(7-14)12(16)17/h9-10,13H,1-8H2,(H,16,17)/t9-,10?/m1/s1. The van der Waals surface area contributed by atoms with Gasteiger partial charge < -0.3 is 20.1 Å². The molecule has 2 atom stereocenters. The van der Waals surface area contributed by atoms with Crippen LogP contribution in [-0.2, 0) is 14.3 Å². The number of morpholine rings is 1. The van der Waals surface area contributed by atoms with Gasteiger partial charge in [0.15, 0.2) is 0 Å². The first-order valence-corrected chi connectivity index (χ1v) is 6.48. The van der Waals surface area contributed by atoms with E-state index in [1.54, 1.807) is 4.90 Å². The van der Waals surface area contributed by atoms with Gasteiger partial charge >= 0.3 is 5.97 Å². The quantitative estimate of drug-likeness (QED) is 0.724. The third-order valence-electron chi connectivity index (χ3n) is 3.54. The fourth-order valence-corrected chi connectivity index (χ4v) is 2.50. The number of piperidine rings is 1. The second kappa shape index (κ2) is 6.15. The van der Waals surface area contributed by atoms with E-state index in [-0.39, 0.29) is 11.9 Å². The largest absolute Gasteiger partial charge is 0.481 e. The molecule has 6 heteroatoms. The van der Waals surface area contributed by atoms with Crippen LogP contribution < -0.4 is 5.32 Å². The number of carbonyl (C=O) groups is 2. The van der Waals surface area contributed by atoms with Gasteiger partial charge in [-0.1, -0.05) is 0 Å². The normalized spacial score (nSPS) is 29.0. The lowest BCUT2D eigenvalue weighted by Crippen LogP contribution is -2.47. The van der Waals surface area contributed by atoms with Crippen molar-refractivity contribution in [3.63, 3.8) is 0 Å². The van der Waals surface area contributed by atoms with Gasteiger partial charge in [0, 0.05) is 32.1 Å². The van der Waals surface area contributed by atoms with Crippen LogP contribution in [0.15, 0.2) is 0 Å². The zero-order valence-corrected chi connectivity index (χ0v) is 10.4. The van der Waals surface area contributed by atoms with E-state index in [1.807, 2.05) is 0 Å². The van der Waals surface area contributed by atoms with Crippen LogP contribution in [0.3, 0.4) is 0 Å². The van der Waals surface area contributed by atoms with E-state index in [0.717, 1.165) is 13.0 Å². The molecule has 0 saturated carbocycles. The molecule has 2 N–H and O–H groups in total. The van der Waals surface area contributed by atoms with E-state index in [4.69, 9.17) is 9.84 Å². The van der Waals surface area contributed by atoms with E-state index in [0.29, 0.717) is 39.1 Å². The summed E-state index contributed by atoms with van der Waals surface area (Å²) >= 11 is 0. The van der Waals surface area contributed by atoms with Crippen molar-refractivity contribution in [3.8, 4) is 0 Å². The van der Waals surface area contributed by atoms with Crippen LogP contribution in [0.2, 0.25) is 0 Å². The van der Waals surface area contributed by atoms with E-state index in [1.165, 1.54) is 0 Å². The Morgan fingerprint density at radius 3 is 2.94 bits per heavy atom. The molecule has 2 aliphatic rings. The molecule has 1 unspecified atom stereocenters. The van der Waals surface area contributed by atoms with Crippen molar-refractivity contribution in [1.29, 1.82) is 0 Å². The lowest BCUT2D eigenvalue weighted by molar-refractivity contribution is -0.145. The van der Waals surface area contributed by atoms with Crippen LogP contribution in [0.25, 0.3) is 0 Å². The fourth-order valence-electron chi connectivity index (χ4n) is 2.50. The molecule has 2 rings (SSSR count). The number of rotatable bonds is 3. The van der Waals surface area contributed by atoms with E-state index in [9.17, 15) is 9.59 Å².